The highest BCUT2D eigenvalue weighted by Crippen LogP contribution is 2.34. The molecule has 6 heteroatoms. The molecule has 4 nitrogen and oxygen atoms in total. The topological polar surface area (TPSA) is 29.8 Å². The van der Waals surface area contributed by atoms with Crippen LogP contribution in [0, 0.1) is 25.5 Å². The summed E-state index contributed by atoms with van der Waals surface area (Å²) in [5.41, 5.74) is 6.03. The van der Waals surface area contributed by atoms with Gasteiger partial charge in [-0.25, -0.2) is 13.3 Å². The Morgan fingerprint density at radius 1 is 0.938 bits per heavy atom. The molecule has 0 saturated carbocycles. The van der Waals surface area contributed by atoms with Crippen LogP contribution >= 0.6 is 0 Å². The van der Waals surface area contributed by atoms with Crippen LogP contribution in [0.5, 0.6) is 5.88 Å². The third kappa shape index (κ3) is 3.70. The molecule has 3 heterocycles. The summed E-state index contributed by atoms with van der Waals surface area (Å²) < 4.78 is 35.7. The molecule has 1 fully saturated rings. The second kappa shape index (κ2) is 8.26. The highest BCUT2D eigenvalue weighted by atomic mass is 19.1. The van der Waals surface area contributed by atoms with Gasteiger partial charge < -0.3 is 9.64 Å². The van der Waals surface area contributed by atoms with Crippen molar-refractivity contribution in [3.8, 4) is 17.0 Å². The predicted octanol–water partition coefficient (Wildman–Crippen LogP) is 6.08. The van der Waals surface area contributed by atoms with Crippen LogP contribution in [0.2, 0.25) is 0 Å². The third-order valence-electron chi connectivity index (χ3n) is 6.05. The fraction of sp³-hybridized carbons (Fsp3) is 0.269. The van der Waals surface area contributed by atoms with Crippen molar-refractivity contribution < 1.29 is 13.5 Å². The number of rotatable bonds is 5. The average Bonchev–Trinajstić information content (AvgIpc) is 3.41. The zero-order chi connectivity index (χ0) is 22.2. The Bertz CT molecular complexity index is 1270. The number of hydrogen-bond acceptors (Lipinski definition) is 3. The summed E-state index contributed by atoms with van der Waals surface area (Å²) in [6.07, 6.45) is 2.45. The van der Waals surface area contributed by atoms with Gasteiger partial charge in [0.1, 0.15) is 18.2 Å². The minimum atomic E-state index is -0.620. The molecule has 0 amide bonds. The summed E-state index contributed by atoms with van der Waals surface area (Å²) in [5.74, 6) is -0.789. The van der Waals surface area contributed by atoms with Gasteiger partial charge in [0.05, 0.1) is 16.8 Å². The van der Waals surface area contributed by atoms with E-state index < -0.39 is 11.6 Å². The molecule has 0 radical (unpaired) electrons. The monoisotopic (exact) mass is 433 g/mol. The molecule has 0 unspecified atom stereocenters. The first-order valence-electron chi connectivity index (χ1n) is 10.9. The quantitative estimate of drug-likeness (QED) is 0.382. The lowest BCUT2D eigenvalue weighted by atomic mass is 10.0. The second-order valence-corrected chi connectivity index (χ2v) is 8.36. The van der Waals surface area contributed by atoms with Crippen LogP contribution in [0.1, 0.15) is 29.7 Å². The number of hydrogen-bond donors (Lipinski definition) is 0. The van der Waals surface area contributed by atoms with E-state index in [4.69, 9.17) is 9.84 Å². The molecule has 0 spiro atoms. The number of aryl methyl sites for hydroxylation is 2. The molecule has 4 aromatic rings. The SMILES string of the molecule is Cc1cc(OCc2c(F)cccc2F)n2nc(C)c(-c3cccc(N4CCCC4)c3)c2c1. The molecule has 1 aliphatic rings. The van der Waals surface area contributed by atoms with Gasteiger partial charge in [0.15, 0.2) is 0 Å². The van der Waals surface area contributed by atoms with E-state index >= 15 is 0 Å². The van der Waals surface area contributed by atoms with Gasteiger partial charge in [0.25, 0.3) is 0 Å². The van der Waals surface area contributed by atoms with Crippen molar-refractivity contribution in [2.45, 2.75) is 33.3 Å². The minimum Gasteiger partial charge on any atom is -0.473 e. The zero-order valence-electron chi connectivity index (χ0n) is 18.2. The molecule has 0 N–H and O–H groups in total. The van der Waals surface area contributed by atoms with Crippen molar-refractivity contribution in [3.05, 3.63) is 83.1 Å². The fourth-order valence-electron chi connectivity index (χ4n) is 4.47. The van der Waals surface area contributed by atoms with E-state index in [0.29, 0.717) is 5.88 Å². The van der Waals surface area contributed by atoms with Gasteiger partial charge in [-0.2, -0.15) is 5.10 Å². The van der Waals surface area contributed by atoms with E-state index in [9.17, 15) is 8.78 Å². The maximum absolute atomic E-state index is 14.1. The number of benzene rings is 2. The van der Waals surface area contributed by atoms with Gasteiger partial charge >= 0.3 is 0 Å². The molecule has 32 heavy (non-hydrogen) atoms. The van der Waals surface area contributed by atoms with Gasteiger partial charge in [-0.05, 0) is 68.1 Å². The lowest BCUT2D eigenvalue weighted by Crippen LogP contribution is -2.17. The summed E-state index contributed by atoms with van der Waals surface area (Å²) in [6, 6.07) is 16.3. The number of aromatic nitrogens is 2. The Labute approximate surface area is 186 Å². The van der Waals surface area contributed by atoms with Gasteiger partial charge in [-0.1, -0.05) is 18.2 Å². The Morgan fingerprint density at radius 2 is 1.66 bits per heavy atom. The number of anilines is 1. The van der Waals surface area contributed by atoms with E-state index in [2.05, 4.69) is 35.2 Å². The molecular weight excluding hydrogens is 408 g/mol. The minimum absolute atomic E-state index is 0.0930. The summed E-state index contributed by atoms with van der Waals surface area (Å²) >= 11 is 0. The lowest BCUT2D eigenvalue weighted by molar-refractivity contribution is 0.274. The first-order chi connectivity index (χ1) is 15.5. The van der Waals surface area contributed by atoms with Crippen molar-refractivity contribution >= 4 is 11.2 Å². The van der Waals surface area contributed by atoms with Gasteiger partial charge in [-0.3, -0.25) is 0 Å². The zero-order valence-corrected chi connectivity index (χ0v) is 18.2. The van der Waals surface area contributed by atoms with Crippen LogP contribution in [-0.2, 0) is 6.61 Å². The number of ether oxygens (including phenoxy) is 1. The second-order valence-electron chi connectivity index (χ2n) is 8.36. The van der Waals surface area contributed by atoms with Crippen molar-refractivity contribution in [1.29, 1.82) is 0 Å². The lowest BCUT2D eigenvalue weighted by Gasteiger charge is -2.18. The predicted molar refractivity (Wildman–Crippen MR) is 122 cm³/mol. The normalized spacial score (nSPS) is 13.8. The van der Waals surface area contributed by atoms with Crippen LogP contribution in [0.4, 0.5) is 14.5 Å². The van der Waals surface area contributed by atoms with Crippen molar-refractivity contribution in [1.82, 2.24) is 9.61 Å². The third-order valence-corrected chi connectivity index (χ3v) is 6.05. The molecule has 1 saturated heterocycles. The first kappa shape index (κ1) is 20.5. The van der Waals surface area contributed by atoms with E-state index in [1.54, 1.807) is 4.52 Å². The molecule has 164 valence electrons. The maximum atomic E-state index is 14.1. The van der Waals surface area contributed by atoms with E-state index in [0.717, 1.165) is 41.0 Å². The molecule has 0 aliphatic carbocycles. The average molecular weight is 434 g/mol. The number of halogens is 2. The Morgan fingerprint density at radius 3 is 2.41 bits per heavy atom. The Hall–Kier alpha value is -3.41. The van der Waals surface area contributed by atoms with Gasteiger partial charge in [0, 0.05) is 30.4 Å². The number of pyridine rings is 1. The highest BCUT2D eigenvalue weighted by Gasteiger charge is 2.18. The van der Waals surface area contributed by atoms with E-state index in [1.165, 1.54) is 36.7 Å². The summed E-state index contributed by atoms with van der Waals surface area (Å²) in [6.45, 7) is 5.90. The number of nitrogens with zero attached hydrogens (tertiary/aromatic N) is 3. The maximum Gasteiger partial charge on any atom is 0.215 e. The summed E-state index contributed by atoms with van der Waals surface area (Å²) in [4.78, 5) is 2.41. The van der Waals surface area contributed by atoms with Gasteiger partial charge in [-0.15, -0.1) is 0 Å². The van der Waals surface area contributed by atoms with Gasteiger partial charge in [0.2, 0.25) is 5.88 Å². The van der Waals surface area contributed by atoms with Crippen LogP contribution in [-0.4, -0.2) is 22.7 Å². The summed E-state index contributed by atoms with van der Waals surface area (Å²) in [7, 11) is 0. The van der Waals surface area contributed by atoms with Crippen molar-refractivity contribution in [3.63, 3.8) is 0 Å². The van der Waals surface area contributed by atoms with Crippen LogP contribution < -0.4 is 9.64 Å². The smallest absolute Gasteiger partial charge is 0.215 e. The van der Waals surface area contributed by atoms with E-state index in [1.807, 2.05) is 19.9 Å². The first-order valence-corrected chi connectivity index (χ1v) is 10.9. The largest absolute Gasteiger partial charge is 0.473 e. The molecule has 2 aromatic heterocycles. The fourth-order valence-corrected chi connectivity index (χ4v) is 4.47. The summed E-state index contributed by atoms with van der Waals surface area (Å²) in [5, 5.41) is 4.71. The van der Waals surface area contributed by atoms with Crippen molar-refractivity contribution in [2.75, 3.05) is 18.0 Å². The van der Waals surface area contributed by atoms with Crippen LogP contribution in [0.3, 0.4) is 0 Å². The molecule has 5 rings (SSSR count). The van der Waals surface area contributed by atoms with Crippen LogP contribution in [0.15, 0.2) is 54.6 Å². The Kier molecular flexibility index (Phi) is 5.29. The number of fused-ring (bicyclic) bond motifs is 1. The standard InChI is InChI=1S/C26H25F2N3O/c1-17-13-24-26(19-7-5-8-20(15-19)30-11-3-4-12-30)18(2)29-31(24)25(14-17)32-16-21-22(27)9-6-10-23(21)28/h5-10,13-15H,3-4,11-12,16H2,1-2H3. The molecule has 0 bridgehead atoms. The molecule has 2 aromatic carbocycles. The van der Waals surface area contributed by atoms with Crippen molar-refractivity contribution in [2.24, 2.45) is 0 Å². The molecule has 0 atom stereocenters. The Balaban J connectivity index is 1.54. The highest BCUT2D eigenvalue weighted by molar-refractivity contribution is 5.84. The van der Waals surface area contributed by atoms with Crippen LogP contribution in [0.25, 0.3) is 16.6 Å². The molecule has 1 aliphatic heterocycles. The molecular formula is C26H25F2N3O. The van der Waals surface area contributed by atoms with E-state index in [-0.39, 0.29) is 12.2 Å².